The van der Waals surface area contributed by atoms with Crippen LogP contribution in [-0.4, -0.2) is 28.6 Å². The summed E-state index contributed by atoms with van der Waals surface area (Å²) in [7, 11) is 1.56. The average molecular weight is 446 g/mol. The lowest BCUT2D eigenvalue weighted by Gasteiger charge is -2.19. The molecule has 2 aromatic heterocycles. The predicted octanol–water partition coefficient (Wildman–Crippen LogP) is 3.87. The number of hydrogen-bond acceptors (Lipinski definition) is 5. The highest BCUT2D eigenvalue weighted by Crippen LogP contribution is 2.43. The molecule has 2 N–H and O–H groups in total. The molecule has 3 heterocycles. The molecule has 0 bridgehead atoms. The second kappa shape index (κ2) is 8.58. The molecule has 0 saturated heterocycles. The van der Waals surface area contributed by atoms with Crippen LogP contribution < -0.4 is 20.3 Å². The number of rotatable bonds is 6. The Balaban J connectivity index is 1.69. The maximum atomic E-state index is 13.1. The zero-order valence-corrected chi connectivity index (χ0v) is 19.2. The third-order valence-electron chi connectivity index (χ3n) is 5.91. The van der Waals surface area contributed by atoms with E-state index in [1.54, 1.807) is 31.5 Å². The zero-order valence-electron chi connectivity index (χ0n) is 19.2. The van der Waals surface area contributed by atoms with Crippen LogP contribution in [0.4, 0.5) is 0 Å². The number of nitrogens with zero attached hydrogens (tertiary/aromatic N) is 1. The Morgan fingerprint density at radius 2 is 2.12 bits per heavy atom. The number of aromatic amines is 1. The number of benzene rings is 1. The van der Waals surface area contributed by atoms with Crippen LogP contribution in [0.2, 0.25) is 0 Å². The molecule has 1 atom stereocenters. The van der Waals surface area contributed by atoms with Crippen LogP contribution in [-0.2, 0) is 13.0 Å². The van der Waals surface area contributed by atoms with E-state index in [2.05, 4.69) is 21.9 Å². The van der Waals surface area contributed by atoms with Crippen molar-refractivity contribution in [2.45, 2.75) is 39.3 Å². The first-order valence-corrected chi connectivity index (χ1v) is 10.7. The summed E-state index contributed by atoms with van der Waals surface area (Å²) in [6, 6.07) is 9.17. The molecule has 1 unspecified atom stereocenters. The van der Waals surface area contributed by atoms with Crippen molar-refractivity contribution in [3.05, 3.63) is 87.5 Å². The van der Waals surface area contributed by atoms with E-state index in [1.165, 1.54) is 0 Å². The van der Waals surface area contributed by atoms with E-state index in [0.717, 1.165) is 27.9 Å². The number of H-pyrrole nitrogens is 1. The summed E-state index contributed by atoms with van der Waals surface area (Å²) in [4.78, 5) is 32.5. The van der Waals surface area contributed by atoms with Crippen LogP contribution in [0.25, 0.3) is 11.1 Å². The Labute approximate surface area is 192 Å². The molecule has 7 heteroatoms. The summed E-state index contributed by atoms with van der Waals surface area (Å²) >= 11 is 0. The van der Waals surface area contributed by atoms with Gasteiger partial charge in [-0.05, 0) is 62.2 Å². The largest absolute Gasteiger partial charge is 0.482 e. The third kappa shape index (κ3) is 4.39. The predicted molar refractivity (Wildman–Crippen MR) is 127 cm³/mol. The molecule has 170 valence electrons. The van der Waals surface area contributed by atoms with Gasteiger partial charge in [-0.25, -0.2) is 4.98 Å². The number of amides is 1. The number of pyridine rings is 2. The van der Waals surface area contributed by atoms with Gasteiger partial charge in [-0.1, -0.05) is 6.58 Å². The zero-order chi connectivity index (χ0) is 23.8. The average Bonchev–Trinajstić information content (AvgIpc) is 3.14. The van der Waals surface area contributed by atoms with Gasteiger partial charge >= 0.3 is 0 Å². The molecule has 0 radical (unpaired) electrons. The van der Waals surface area contributed by atoms with E-state index in [0.29, 0.717) is 29.2 Å². The van der Waals surface area contributed by atoms with Crippen molar-refractivity contribution in [2.75, 3.05) is 7.11 Å². The molecule has 0 saturated carbocycles. The highest BCUT2D eigenvalue weighted by atomic mass is 16.5. The van der Waals surface area contributed by atoms with Gasteiger partial charge in [0.05, 0.1) is 7.11 Å². The Bertz CT molecular complexity index is 1290. The number of aryl methyl sites for hydroxylation is 2. The van der Waals surface area contributed by atoms with Crippen molar-refractivity contribution in [3.63, 3.8) is 0 Å². The fourth-order valence-corrected chi connectivity index (χ4v) is 4.08. The molecule has 0 aliphatic carbocycles. The monoisotopic (exact) mass is 445 g/mol. The number of nitrogens with one attached hydrogen (secondary N) is 2. The highest BCUT2D eigenvalue weighted by molar-refractivity contribution is 5.96. The molecule has 0 spiro atoms. The standard InChI is InChI=1S/C26H27N3O4/c1-6-26(4)12-19-10-18(24(30)28-14-21-15(2)9-16(3)29-25(21)31)11-20(23(19)33-26)17-7-8-22(32-5)27-13-17/h6-11,13H,1,12,14H2,2-5H3,(H,28,30)(H,29,31). The summed E-state index contributed by atoms with van der Waals surface area (Å²) in [5, 5.41) is 2.88. The summed E-state index contributed by atoms with van der Waals surface area (Å²) in [5.74, 6) is 0.943. The second-order valence-electron chi connectivity index (χ2n) is 8.52. The molecule has 4 rings (SSSR count). The van der Waals surface area contributed by atoms with Crippen LogP contribution in [0, 0.1) is 13.8 Å². The maximum absolute atomic E-state index is 13.1. The van der Waals surface area contributed by atoms with E-state index in [9.17, 15) is 9.59 Å². The second-order valence-corrected chi connectivity index (χ2v) is 8.52. The number of aromatic nitrogens is 2. The number of carbonyl (C=O) groups excluding carboxylic acids is 1. The van der Waals surface area contributed by atoms with E-state index >= 15 is 0 Å². The fraction of sp³-hybridized carbons (Fsp3) is 0.269. The van der Waals surface area contributed by atoms with Crippen LogP contribution in [0.15, 0.2) is 54.0 Å². The van der Waals surface area contributed by atoms with Crippen molar-refractivity contribution in [1.82, 2.24) is 15.3 Å². The number of ether oxygens (including phenoxy) is 2. The molecule has 7 nitrogen and oxygen atoms in total. The molecule has 0 fully saturated rings. The van der Waals surface area contributed by atoms with Crippen molar-refractivity contribution >= 4 is 5.91 Å². The lowest BCUT2D eigenvalue weighted by molar-refractivity contribution is 0.0950. The summed E-state index contributed by atoms with van der Waals surface area (Å²) < 4.78 is 11.4. The molecular weight excluding hydrogens is 418 g/mol. The quantitative estimate of drug-likeness (QED) is 0.562. The minimum absolute atomic E-state index is 0.137. The highest BCUT2D eigenvalue weighted by Gasteiger charge is 2.35. The minimum Gasteiger partial charge on any atom is -0.482 e. The van der Waals surface area contributed by atoms with Gasteiger partial charge in [0, 0.05) is 53.2 Å². The molecule has 1 aliphatic heterocycles. The van der Waals surface area contributed by atoms with Crippen LogP contribution >= 0.6 is 0 Å². The molecule has 1 amide bonds. The topological polar surface area (TPSA) is 93.3 Å². The third-order valence-corrected chi connectivity index (χ3v) is 5.91. The minimum atomic E-state index is -0.557. The molecule has 1 aromatic carbocycles. The fourth-order valence-electron chi connectivity index (χ4n) is 4.08. The van der Waals surface area contributed by atoms with Gasteiger partial charge in [-0.3, -0.25) is 9.59 Å². The number of methoxy groups -OCH3 is 1. The van der Waals surface area contributed by atoms with E-state index in [4.69, 9.17) is 9.47 Å². The van der Waals surface area contributed by atoms with Gasteiger partial charge in [0.15, 0.2) is 0 Å². The Kier molecular flexibility index (Phi) is 5.80. The van der Waals surface area contributed by atoms with E-state index in [1.807, 2.05) is 39.0 Å². The van der Waals surface area contributed by atoms with Gasteiger partial charge in [0.1, 0.15) is 11.4 Å². The summed E-state index contributed by atoms with van der Waals surface area (Å²) in [5.41, 5.74) is 4.39. The van der Waals surface area contributed by atoms with Crippen LogP contribution in [0.3, 0.4) is 0 Å². The number of carbonyl (C=O) groups is 1. The van der Waals surface area contributed by atoms with Crippen molar-refractivity contribution in [2.24, 2.45) is 0 Å². The van der Waals surface area contributed by atoms with Crippen LogP contribution in [0.5, 0.6) is 11.6 Å². The molecular formula is C26H27N3O4. The van der Waals surface area contributed by atoms with E-state index < -0.39 is 5.60 Å². The van der Waals surface area contributed by atoms with E-state index in [-0.39, 0.29) is 18.0 Å². The normalized spacial score (nSPS) is 16.6. The first-order valence-electron chi connectivity index (χ1n) is 10.7. The first kappa shape index (κ1) is 22.3. The number of hydrogen-bond donors (Lipinski definition) is 2. The smallest absolute Gasteiger partial charge is 0.253 e. The molecule has 3 aromatic rings. The Morgan fingerprint density at radius 3 is 2.76 bits per heavy atom. The van der Waals surface area contributed by atoms with Gasteiger partial charge < -0.3 is 19.8 Å². The Hall–Kier alpha value is -3.87. The van der Waals surface area contributed by atoms with Gasteiger partial charge in [0.25, 0.3) is 11.5 Å². The lowest BCUT2D eigenvalue weighted by Crippen LogP contribution is -2.28. The maximum Gasteiger partial charge on any atom is 0.253 e. The van der Waals surface area contributed by atoms with Gasteiger partial charge in [-0.2, -0.15) is 0 Å². The number of fused-ring (bicyclic) bond motifs is 1. The van der Waals surface area contributed by atoms with Gasteiger partial charge in [0.2, 0.25) is 5.88 Å². The van der Waals surface area contributed by atoms with Gasteiger partial charge in [-0.15, -0.1) is 0 Å². The van der Waals surface area contributed by atoms with Crippen molar-refractivity contribution in [1.29, 1.82) is 0 Å². The van der Waals surface area contributed by atoms with Crippen LogP contribution in [0.1, 0.15) is 39.7 Å². The summed E-state index contributed by atoms with van der Waals surface area (Å²) in [6.45, 7) is 9.69. The lowest BCUT2D eigenvalue weighted by atomic mass is 9.95. The molecule has 33 heavy (non-hydrogen) atoms. The van der Waals surface area contributed by atoms with Crippen molar-refractivity contribution < 1.29 is 14.3 Å². The first-order chi connectivity index (χ1) is 15.7. The molecule has 1 aliphatic rings. The Morgan fingerprint density at radius 1 is 1.33 bits per heavy atom. The SMILES string of the molecule is C=CC1(C)Cc2cc(C(=O)NCc3c(C)cc(C)[nH]c3=O)cc(-c3ccc(OC)nc3)c2O1. The summed E-state index contributed by atoms with van der Waals surface area (Å²) in [6.07, 6.45) is 4.06. The van der Waals surface area contributed by atoms with Crippen molar-refractivity contribution in [3.8, 4) is 22.8 Å².